The first-order valence-corrected chi connectivity index (χ1v) is 7.76. The molecular formula is C17H18N4O4. The zero-order chi connectivity index (χ0) is 17.8. The number of amides is 2. The van der Waals surface area contributed by atoms with E-state index in [9.17, 15) is 14.4 Å². The minimum absolute atomic E-state index is 0.147. The van der Waals surface area contributed by atoms with Gasteiger partial charge in [0.05, 0.1) is 30.4 Å². The monoisotopic (exact) mass is 342 g/mol. The summed E-state index contributed by atoms with van der Waals surface area (Å²) in [7, 11) is 1.65. The van der Waals surface area contributed by atoms with Gasteiger partial charge in [-0.2, -0.15) is 0 Å². The third-order valence-corrected chi connectivity index (χ3v) is 3.84. The molecule has 0 spiro atoms. The Kier molecular flexibility index (Phi) is 4.69. The largest absolute Gasteiger partial charge is 0.467 e. The predicted octanol–water partition coefficient (Wildman–Crippen LogP) is 0.366. The lowest BCUT2D eigenvalue weighted by Gasteiger charge is -2.07. The van der Waals surface area contributed by atoms with E-state index in [0.29, 0.717) is 11.3 Å². The van der Waals surface area contributed by atoms with Crippen LogP contribution >= 0.6 is 0 Å². The zero-order valence-electron chi connectivity index (χ0n) is 13.7. The van der Waals surface area contributed by atoms with E-state index in [1.54, 1.807) is 31.3 Å². The maximum atomic E-state index is 12.3. The van der Waals surface area contributed by atoms with Crippen molar-refractivity contribution < 1.29 is 14.0 Å². The molecule has 0 radical (unpaired) electrons. The van der Waals surface area contributed by atoms with Crippen molar-refractivity contribution in [1.29, 1.82) is 0 Å². The molecule has 0 saturated heterocycles. The molecule has 2 N–H and O–H groups in total. The number of fused-ring (bicyclic) bond motifs is 1. The second kappa shape index (κ2) is 7.08. The van der Waals surface area contributed by atoms with E-state index in [2.05, 4.69) is 10.6 Å². The number of aryl methyl sites for hydroxylation is 1. The van der Waals surface area contributed by atoms with Crippen molar-refractivity contribution in [3.05, 3.63) is 58.9 Å². The molecule has 0 bridgehead atoms. The summed E-state index contributed by atoms with van der Waals surface area (Å²) in [6.45, 7) is -0.0603. The van der Waals surface area contributed by atoms with Crippen LogP contribution in [0.4, 0.5) is 0 Å². The summed E-state index contributed by atoms with van der Waals surface area (Å²) >= 11 is 0. The first-order chi connectivity index (χ1) is 12.1. The van der Waals surface area contributed by atoms with Crippen molar-refractivity contribution in [1.82, 2.24) is 19.8 Å². The van der Waals surface area contributed by atoms with Crippen LogP contribution in [-0.2, 0) is 29.7 Å². The van der Waals surface area contributed by atoms with Crippen molar-refractivity contribution in [3.63, 3.8) is 0 Å². The van der Waals surface area contributed by atoms with E-state index in [1.165, 1.54) is 15.4 Å². The van der Waals surface area contributed by atoms with Crippen LogP contribution in [0.2, 0.25) is 0 Å². The first-order valence-electron chi connectivity index (χ1n) is 7.76. The Bertz CT molecular complexity index is 953. The highest BCUT2D eigenvalue weighted by Crippen LogP contribution is 2.10. The minimum atomic E-state index is -0.411. The summed E-state index contributed by atoms with van der Waals surface area (Å²) in [6.07, 6.45) is 1.52. The number of benzene rings is 1. The van der Waals surface area contributed by atoms with Gasteiger partial charge in [-0.1, -0.05) is 12.1 Å². The molecule has 8 heteroatoms. The maximum absolute atomic E-state index is 12.3. The van der Waals surface area contributed by atoms with Gasteiger partial charge in [-0.25, -0.2) is 4.79 Å². The van der Waals surface area contributed by atoms with Gasteiger partial charge in [0.15, 0.2) is 0 Å². The van der Waals surface area contributed by atoms with Gasteiger partial charge in [-0.05, 0) is 24.3 Å². The molecule has 0 aliphatic carbocycles. The number of carbonyl (C=O) groups excluding carboxylic acids is 2. The number of nitrogens with zero attached hydrogens (tertiary/aromatic N) is 2. The zero-order valence-corrected chi connectivity index (χ0v) is 13.7. The highest BCUT2D eigenvalue weighted by molar-refractivity contribution is 5.85. The third kappa shape index (κ3) is 3.63. The van der Waals surface area contributed by atoms with Gasteiger partial charge in [0, 0.05) is 7.05 Å². The van der Waals surface area contributed by atoms with Crippen molar-refractivity contribution in [2.75, 3.05) is 6.54 Å². The van der Waals surface area contributed by atoms with Crippen LogP contribution in [0, 0.1) is 0 Å². The summed E-state index contributed by atoms with van der Waals surface area (Å²) in [4.78, 5) is 36.1. The highest BCUT2D eigenvalue weighted by Gasteiger charge is 2.13. The maximum Gasteiger partial charge on any atom is 0.329 e. The second-order valence-corrected chi connectivity index (χ2v) is 5.55. The van der Waals surface area contributed by atoms with E-state index >= 15 is 0 Å². The Morgan fingerprint density at radius 2 is 1.80 bits per heavy atom. The number of furan rings is 1. The van der Waals surface area contributed by atoms with Crippen molar-refractivity contribution >= 4 is 22.8 Å². The van der Waals surface area contributed by atoms with Crippen LogP contribution in [0.25, 0.3) is 11.0 Å². The molecule has 130 valence electrons. The third-order valence-electron chi connectivity index (χ3n) is 3.84. The number of para-hydroxylation sites is 2. The Balaban J connectivity index is 1.57. The van der Waals surface area contributed by atoms with Gasteiger partial charge in [-0.3, -0.25) is 18.7 Å². The Morgan fingerprint density at radius 3 is 2.52 bits per heavy atom. The number of nitrogens with one attached hydrogen (secondary N) is 2. The molecule has 0 atom stereocenters. The van der Waals surface area contributed by atoms with Crippen LogP contribution in [0.15, 0.2) is 51.9 Å². The summed E-state index contributed by atoms with van der Waals surface area (Å²) in [5.74, 6) is -0.122. The van der Waals surface area contributed by atoms with Gasteiger partial charge >= 0.3 is 5.69 Å². The smallest absolute Gasteiger partial charge is 0.329 e. The van der Waals surface area contributed by atoms with Gasteiger partial charge < -0.3 is 15.1 Å². The molecule has 1 aromatic carbocycles. The predicted molar refractivity (Wildman–Crippen MR) is 90.7 cm³/mol. The first kappa shape index (κ1) is 16.6. The quantitative estimate of drug-likeness (QED) is 0.676. The van der Waals surface area contributed by atoms with Crippen molar-refractivity contribution in [2.45, 2.75) is 13.1 Å². The normalized spacial score (nSPS) is 10.8. The van der Waals surface area contributed by atoms with Gasteiger partial charge in [-0.15, -0.1) is 0 Å². The lowest BCUT2D eigenvalue weighted by molar-refractivity contribution is -0.126. The fourth-order valence-electron chi connectivity index (χ4n) is 2.56. The minimum Gasteiger partial charge on any atom is -0.467 e. The Labute approximate surface area is 143 Å². The van der Waals surface area contributed by atoms with E-state index in [1.807, 2.05) is 12.1 Å². The van der Waals surface area contributed by atoms with Crippen molar-refractivity contribution in [2.24, 2.45) is 7.05 Å². The van der Waals surface area contributed by atoms with Crippen LogP contribution < -0.4 is 16.3 Å². The molecule has 25 heavy (non-hydrogen) atoms. The summed E-state index contributed by atoms with van der Waals surface area (Å²) in [5, 5.41) is 5.14. The molecule has 3 aromatic rings. The van der Waals surface area contributed by atoms with Gasteiger partial charge in [0.1, 0.15) is 12.3 Å². The van der Waals surface area contributed by atoms with Gasteiger partial charge in [0.2, 0.25) is 11.8 Å². The van der Waals surface area contributed by atoms with Crippen LogP contribution in [-0.4, -0.2) is 27.5 Å². The number of imidazole rings is 1. The van der Waals surface area contributed by atoms with Crippen LogP contribution in [0.5, 0.6) is 0 Å². The average molecular weight is 342 g/mol. The molecule has 0 fully saturated rings. The summed E-state index contributed by atoms with van der Waals surface area (Å²) in [5.41, 5.74) is 1.14. The fourth-order valence-corrected chi connectivity index (χ4v) is 2.56. The molecule has 0 saturated carbocycles. The lowest BCUT2D eigenvalue weighted by Crippen LogP contribution is -2.39. The Morgan fingerprint density at radius 1 is 1.04 bits per heavy atom. The molecule has 8 nitrogen and oxygen atoms in total. The topological polar surface area (TPSA) is 98.3 Å². The lowest BCUT2D eigenvalue weighted by atomic mass is 10.3. The molecule has 2 amide bonds. The summed E-state index contributed by atoms with van der Waals surface area (Å²) < 4.78 is 7.97. The fraction of sp³-hybridized carbons (Fsp3) is 0.235. The van der Waals surface area contributed by atoms with Crippen LogP contribution in [0.3, 0.4) is 0 Å². The second-order valence-electron chi connectivity index (χ2n) is 5.55. The molecule has 3 rings (SSSR count). The molecule has 0 aliphatic rings. The van der Waals surface area contributed by atoms with E-state index < -0.39 is 5.91 Å². The van der Waals surface area contributed by atoms with E-state index in [-0.39, 0.29) is 31.2 Å². The molecule has 2 aromatic heterocycles. The number of rotatable bonds is 6. The van der Waals surface area contributed by atoms with E-state index in [4.69, 9.17) is 4.42 Å². The number of hydrogen-bond acceptors (Lipinski definition) is 4. The number of hydrogen-bond donors (Lipinski definition) is 2. The molecule has 0 unspecified atom stereocenters. The van der Waals surface area contributed by atoms with Crippen LogP contribution in [0.1, 0.15) is 5.76 Å². The SMILES string of the molecule is Cn1c(=O)n(CC(=O)NCC(=O)NCc2ccco2)c2ccccc21. The molecule has 0 aliphatic heterocycles. The Hall–Kier alpha value is -3.29. The van der Waals surface area contributed by atoms with Gasteiger partial charge in [0.25, 0.3) is 0 Å². The standard InChI is InChI=1S/C17H18N4O4/c1-20-13-6-2-3-7-14(13)21(17(20)24)11-16(23)19-10-15(22)18-9-12-5-4-8-25-12/h2-8H,9-11H2,1H3,(H,18,22)(H,19,23). The average Bonchev–Trinajstić information content (AvgIpc) is 3.22. The highest BCUT2D eigenvalue weighted by atomic mass is 16.3. The van der Waals surface area contributed by atoms with Crippen molar-refractivity contribution in [3.8, 4) is 0 Å². The number of carbonyl (C=O) groups is 2. The number of aromatic nitrogens is 2. The molecular weight excluding hydrogens is 324 g/mol. The summed E-state index contributed by atoms with van der Waals surface area (Å²) in [6, 6.07) is 10.7. The molecule has 2 heterocycles. The van der Waals surface area contributed by atoms with E-state index in [0.717, 1.165) is 5.52 Å².